The maximum Gasteiger partial charge on any atom is 0.406 e. The highest BCUT2D eigenvalue weighted by atomic mass is 35.5. The van der Waals surface area contributed by atoms with Gasteiger partial charge in [-0.15, -0.1) is 0 Å². The van der Waals surface area contributed by atoms with Gasteiger partial charge in [-0.25, -0.2) is 4.79 Å². The average Bonchev–Trinajstić information content (AvgIpc) is 3.38. The molecule has 5 rings (SSSR count). The van der Waals surface area contributed by atoms with E-state index < -0.39 is 12.2 Å². The highest BCUT2D eigenvalue weighted by Crippen LogP contribution is 2.38. The van der Waals surface area contributed by atoms with Crippen LogP contribution in [0.25, 0.3) is 10.9 Å². The number of aliphatic hydroxyl groups is 1. The second-order valence-corrected chi connectivity index (χ2v) is 10.5. The number of ether oxygens (including phenoxy) is 3. The molecule has 1 aliphatic heterocycles. The summed E-state index contributed by atoms with van der Waals surface area (Å²) in [6.07, 6.45) is 0.688. The van der Waals surface area contributed by atoms with Crippen LogP contribution in [0.4, 0.5) is 4.79 Å². The number of fused-ring (bicyclic) bond motifs is 3. The van der Waals surface area contributed by atoms with Gasteiger partial charge in [-0.05, 0) is 72.1 Å². The van der Waals surface area contributed by atoms with Crippen LogP contribution in [-0.2, 0) is 16.0 Å². The van der Waals surface area contributed by atoms with E-state index >= 15 is 0 Å². The number of aromatic amines is 1. The number of alkyl carbamates (subject to hydrolysis) is 1. The lowest BCUT2D eigenvalue weighted by molar-refractivity contribution is -0.120. The molecule has 2 atom stereocenters. The first-order valence-corrected chi connectivity index (χ1v) is 14.1. The van der Waals surface area contributed by atoms with Crippen molar-refractivity contribution in [2.75, 3.05) is 33.9 Å². The Balaban J connectivity index is 0.000000385. The van der Waals surface area contributed by atoms with E-state index in [9.17, 15) is 14.7 Å². The van der Waals surface area contributed by atoms with Crippen LogP contribution in [-0.4, -0.2) is 67.5 Å². The number of carbonyl (C=O) groups excluding carboxylic acids is 2. The molecular formula is C31H33Cl2N3O6. The predicted octanol–water partition coefficient (Wildman–Crippen LogP) is 5.76. The molecule has 0 saturated carbocycles. The van der Waals surface area contributed by atoms with E-state index in [2.05, 4.69) is 15.0 Å². The van der Waals surface area contributed by atoms with Crippen LogP contribution >= 0.6 is 23.2 Å². The number of methoxy groups -OCH3 is 2. The van der Waals surface area contributed by atoms with E-state index in [-0.39, 0.29) is 12.6 Å². The Bertz CT molecular complexity index is 1480. The van der Waals surface area contributed by atoms with E-state index in [1.807, 2.05) is 54.6 Å². The van der Waals surface area contributed by atoms with Gasteiger partial charge in [0.15, 0.2) is 0 Å². The van der Waals surface area contributed by atoms with Gasteiger partial charge >= 0.3 is 6.09 Å². The summed E-state index contributed by atoms with van der Waals surface area (Å²) in [4.78, 5) is 28.1. The van der Waals surface area contributed by atoms with Crippen LogP contribution < -0.4 is 14.8 Å². The second-order valence-electron chi connectivity index (χ2n) is 9.59. The molecule has 0 saturated heterocycles. The summed E-state index contributed by atoms with van der Waals surface area (Å²) >= 11 is 11.8. The number of hydrogen-bond donors (Lipinski definition) is 3. The minimum absolute atomic E-state index is 0.0935. The Labute approximate surface area is 254 Å². The van der Waals surface area contributed by atoms with E-state index in [1.165, 1.54) is 12.7 Å². The van der Waals surface area contributed by atoms with Crippen LogP contribution in [0, 0.1) is 0 Å². The SMILES string of the molecule is COC(=O)NCC(O)CCOc1ccc(C2c3[nH]c4ccc(Cl)cc4c3CCN2C=O)cc1.COc1ccc(Cl)cc1. The van der Waals surface area contributed by atoms with Crippen LogP contribution in [0.2, 0.25) is 10.0 Å². The summed E-state index contributed by atoms with van der Waals surface area (Å²) in [5.41, 5.74) is 4.16. The zero-order valence-electron chi connectivity index (χ0n) is 23.3. The summed E-state index contributed by atoms with van der Waals surface area (Å²) in [6.45, 7) is 1.01. The molecule has 1 aromatic heterocycles. The van der Waals surface area contributed by atoms with Gasteiger partial charge in [-0.1, -0.05) is 35.3 Å². The number of carbonyl (C=O) groups is 2. The highest BCUT2D eigenvalue weighted by Gasteiger charge is 2.31. The molecule has 4 aromatic rings. The van der Waals surface area contributed by atoms with Crippen LogP contribution in [0.5, 0.6) is 11.5 Å². The number of benzene rings is 3. The fourth-order valence-corrected chi connectivity index (χ4v) is 5.05. The van der Waals surface area contributed by atoms with Gasteiger partial charge in [0, 0.05) is 46.2 Å². The molecule has 0 radical (unpaired) electrons. The molecule has 222 valence electrons. The zero-order valence-corrected chi connectivity index (χ0v) is 24.8. The standard InChI is InChI=1S/C24H26ClN3O5.C7H7ClO/c1-32-24(31)26-13-17(30)9-11-33-18-5-2-15(3-6-18)23-22-19(8-10-28(23)14-29)20-12-16(25)4-7-21(20)27-22;1-9-7-4-2-6(8)3-5-7/h2-7,12,14,17,23,27,30H,8-11,13H2,1H3,(H,26,31);2-5H,1H3. The normalized spacial score (nSPS) is 14.7. The summed E-state index contributed by atoms with van der Waals surface area (Å²) in [5, 5.41) is 14.9. The number of amides is 2. The first kappa shape index (κ1) is 31.0. The first-order valence-electron chi connectivity index (χ1n) is 13.4. The number of aliphatic hydroxyl groups excluding tert-OH is 1. The average molecular weight is 615 g/mol. The van der Waals surface area contributed by atoms with E-state index in [0.29, 0.717) is 30.3 Å². The summed E-state index contributed by atoms with van der Waals surface area (Å²) in [6, 6.07) is 20.4. The van der Waals surface area contributed by atoms with Crippen molar-refractivity contribution >= 4 is 46.6 Å². The Morgan fingerprint density at radius 1 is 1.07 bits per heavy atom. The Kier molecular flexibility index (Phi) is 10.9. The molecule has 2 amide bonds. The lowest BCUT2D eigenvalue weighted by Gasteiger charge is -2.33. The Morgan fingerprint density at radius 2 is 1.76 bits per heavy atom. The number of nitrogens with zero attached hydrogens (tertiary/aromatic N) is 1. The fraction of sp³-hybridized carbons (Fsp3) is 0.290. The van der Waals surface area contributed by atoms with Crippen LogP contribution in [0.1, 0.15) is 29.3 Å². The van der Waals surface area contributed by atoms with Gasteiger partial charge in [0.2, 0.25) is 6.41 Å². The molecule has 1 aliphatic rings. The van der Waals surface area contributed by atoms with E-state index in [0.717, 1.165) is 45.8 Å². The second kappa shape index (κ2) is 14.8. The number of rotatable bonds is 9. The Hall–Kier alpha value is -3.92. The molecule has 42 heavy (non-hydrogen) atoms. The molecule has 2 unspecified atom stereocenters. The molecule has 11 heteroatoms. The number of hydrogen-bond acceptors (Lipinski definition) is 6. The summed E-state index contributed by atoms with van der Waals surface area (Å²) in [5.74, 6) is 1.49. The van der Waals surface area contributed by atoms with Crippen molar-refractivity contribution < 1.29 is 28.9 Å². The summed E-state index contributed by atoms with van der Waals surface area (Å²) in [7, 11) is 2.90. The van der Waals surface area contributed by atoms with Gasteiger partial charge in [-0.3, -0.25) is 4.79 Å². The van der Waals surface area contributed by atoms with Gasteiger partial charge in [0.25, 0.3) is 0 Å². The Morgan fingerprint density at radius 3 is 2.43 bits per heavy atom. The number of H-pyrrole nitrogens is 1. The molecule has 0 bridgehead atoms. The highest BCUT2D eigenvalue weighted by molar-refractivity contribution is 6.31. The largest absolute Gasteiger partial charge is 0.497 e. The predicted molar refractivity (Wildman–Crippen MR) is 163 cm³/mol. The zero-order chi connectivity index (χ0) is 30.1. The van der Waals surface area contributed by atoms with Crippen molar-refractivity contribution in [3.8, 4) is 11.5 Å². The topological polar surface area (TPSA) is 113 Å². The van der Waals surface area contributed by atoms with E-state index in [4.69, 9.17) is 32.7 Å². The number of nitrogens with one attached hydrogen (secondary N) is 2. The molecule has 0 aliphatic carbocycles. The molecule has 0 spiro atoms. The van der Waals surface area contributed by atoms with Crippen molar-refractivity contribution in [3.05, 3.63) is 93.6 Å². The maximum atomic E-state index is 11.8. The van der Waals surface area contributed by atoms with Crippen LogP contribution in [0.3, 0.4) is 0 Å². The molecular weight excluding hydrogens is 581 g/mol. The van der Waals surface area contributed by atoms with Crippen molar-refractivity contribution in [2.24, 2.45) is 0 Å². The van der Waals surface area contributed by atoms with E-state index in [1.54, 1.807) is 24.1 Å². The third-order valence-corrected chi connectivity index (χ3v) is 7.38. The van der Waals surface area contributed by atoms with Crippen molar-refractivity contribution in [1.29, 1.82) is 0 Å². The van der Waals surface area contributed by atoms with Gasteiger partial charge < -0.3 is 34.5 Å². The minimum atomic E-state index is -0.735. The smallest absolute Gasteiger partial charge is 0.406 e. The monoisotopic (exact) mass is 613 g/mol. The molecule has 3 aromatic carbocycles. The van der Waals surface area contributed by atoms with Gasteiger partial charge in [-0.2, -0.15) is 0 Å². The number of halogens is 2. The van der Waals surface area contributed by atoms with Crippen molar-refractivity contribution in [2.45, 2.75) is 25.0 Å². The molecule has 0 fully saturated rings. The third kappa shape index (κ3) is 7.88. The number of aromatic nitrogens is 1. The quantitative estimate of drug-likeness (QED) is 0.207. The molecule has 9 nitrogen and oxygen atoms in total. The van der Waals surface area contributed by atoms with Gasteiger partial charge in [0.1, 0.15) is 11.5 Å². The lowest BCUT2D eigenvalue weighted by Crippen LogP contribution is -2.35. The van der Waals surface area contributed by atoms with Crippen molar-refractivity contribution in [3.63, 3.8) is 0 Å². The van der Waals surface area contributed by atoms with Crippen molar-refractivity contribution in [1.82, 2.24) is 15.2 Å². The third-order valence-electron chi connectivity index (χ3n) is 6.89. The molecule has 3 N–H and O–H groups in total. The van der Waals surface area contributed by atoms with Crippen LogP contribution in [0.15, 0.2) is 66.7 Å². The molecule has 2 heterocycles. The first-order chi connectivity index (χ1) is 20.3. The minimum Gasteiger partial charge on any atom is -0.497 e. The maximum absolute atomic E-state index is 11.8. The fourth-order valence-electron chi connectivity index (χ4n) is 4.76. The summed E-state index contributed by atoms with van der Waals surface area (Å²) < 4.78 is 15.1. The van der Waals surface area contributed by atoms with Gasteiger partial charge in [0.05, 0.1) is 33.0 Å². The lowest BCUT2D eigenvalue weighted by atomic mass is 9.93.